The second-order valence-corrected chi connectivity index (χ2v) is 8.52. The van der Waals surface area contributed by atoms with Crippen molar-refractivity contribution in [2.24, 2.45) is 5.92 Å². The highest BCUT2D eigenvalue weighted by molar-refractivity contribution is 7.10. The van der Waals surface area contributed by atoms with Crippen molar-refractivity contribution in [1.29, 1.82) is 0 Å². The van der Waals surface area contributed by atoms with Gasteiger partial charge in [-0.1, -0.05) is 24.3 Å². The summed E-state index contributed by atoms with van der Waals surface area (Å²) in [7, 11) is 0. The molecule has 0 saturated carbocycles. The Morgan fingerprint density at radius 1 is 1.15 bits per heavy atom. The Hall–Kier alpha value is -1.95. The lowest BCUT2D eigenvalue weighted by Gasteiger charge is -2.34. The van der Waals surface area contributed by atoms with E-state index in [1.807, 2.05) is 24.4 Å². The molecule has 1 aliphatic rings. The van der Waals surface area contributed by atoms with Gasteiger partial charge in [0.2, 0.25) is 0 Å². The number of thiophene rings is 1. The van der Waals surface area contributed by atoms with Crippen LogP contribution in [-0.4, -0.2) is 32.9 Å². The largest absolute Gasteiger partial charge is 0.387 e. The van der Waals surface area contributed by atoms with Crippen LogP contribution < -0.4 is 0 Å². The van der Waals surface area contributed by atoms with E-state index in [9.17, 15) is 5.11 Å². The average molecular weight is 382 g/mol. The molecule has 1 fully saturated rings. The molecular formula is C22H27N3OS. The summed E-state index contributed by atoms with van der Waals surface area (Å²) in [6, 6.07) is 14.7. The number of piperidine rings is 1. The number of benzene rings is 1. The number of hydrogen-bond acceptors (Lipinski definition) is 4. The van der Waals surface area contributed by atoms with Gasteiger partial charge in [0.15, 0.2) is 0 Å². The first-order chi connectivity index (χ1) is 13.1. The highest BCUT2D eigenvalue weighted by atomic mass is 32.1. The monoisotopic (exact) mass is 381 g/mol. The number of para-hydroxylation sites is 1. The van der Waals surface area contributed by atoms with E-state index >= 15 is 0 Å². The topological polar surface area (TPSA) is 41.3 Å². The predicted octanol–water partition coefficient (Wildman–Crippen LogP) is 4.50. The number of aromatic nitrogens is 2. The van der Waals surface area contributed by atoms with Crippen molar-refractivity contribution in [3.8, 4) is 5.69 Å². The van der Waals surface area contributed by atoms with Gasteiger partial charge in [-0.25, -0.2) is 4.68 Å². The zero-order valence-electron chi connectivity index (χ0n) is 16.0. The minimum absolute atomic E-state index is 0.311. The maximum atomic E-state index is 10.6. The number of aryl methyl sites for hydroxylation is 2. The molecule has 1 aliphatic heterocycles. The van der Waals surface area contributed by atoms with Gasteiger partial charge in [-0.15, -0.1) is 11.3 Å². The highest BCUT2D eigenvalue weighted by Gasteiger charge is 2.27. The van der Waals surface area contributed by atoms with E-state index in [2.05, 4.69) is 51.9 Å². The molecule has 1 N–H and O–H groups in total. The van der Waals surface area contributed by atoms with Gasteiger partial charge in [0.25, 0.3) is 0 Å². The van der Waals surface area contributed by atoms with Crippen LogP contribution in [0.3, 0.4) is 0 Å². The van der Waals surface area contributed by atoms with Crippen molar-refractivity contribution < 1.29 is 5.11 Å². The van der Waals surface area contributed by atoms with Gasteiger partial charge < -0.3 is 5.11 Å². The number of hydrogen-bond donors (Lipinski definition) is 1. The van der Waals surface area contributed by atoms with Gasteiger partial charge in [0.1, 0.15) is 0 Å². The minimum atomic E-state index is -0.311. The van der Waals surface area contributed by atoms with E-state index < -0.39 is 0 Å². The summed E-state index contributed by atoms with van der Waals surface area (Å²) >= 11 is 1.66. The van der Waals surface area contributed by atoms with Crippen LogP contribution in [0.2, 0.25) is 0 Å². The molecule has 4 nitrogen and oxygen atoms in total. The van der Waals surface area contributed by atoms with Gasteiger partial charge in [-0.3, -0.25) is 4.90 Å². The highest BCUT2D eigenvalue weighted by Crippen LogP contribution is 2.33. The molecule has 0 spiro atoms. The molecule has 3 aromatic rings. The second-order valence-electron chi connectivity index (χ2n) is 7.54. The van der Waals surface area contributed by atoms with Crippen molar-refractivity contribution in [3.63, 3.8) is 0 Å². The molecule has 0 radical (unpaired) electrons. The lowest BCUT2D eigenvalue weighted by Crippen LogP contribution is -2.35. The molecule has 1 saturated heterocycles. The first kappa shape index (κ1) is 18.4. The molecule has 2 aromatic heterocycles. The predicted molar refractivity (Wildman–Crippen MR) is 110 cm³/mol. The van der Waals surface area contributed by atoms with E-state index in [-0.39, 0.29) is 6.10 Å². The average Bonchev–Trinajstić information content (AvgIpc) is 3.32. The van der Waals surface area contributed by atoms with Gasteiger partial charge in [-0.2, -0.15) is 5.10 Å². The normalized spacial score (nSPS) is 17.3. The molecule has 5 heteroatoms. The van der Waals surface area contributed by atoms with Gasteiger partial charge in [0.05, 0.1) is 17.5 Å². The Morgan fingerprint density at radius 3 is 2.59 bits per heavy atom. The Morgan fingerprint density at radius 2 is 1.93 bits per heavy atom. The number of aliphatic hydroxyl groups excluding tert-OH is 1. The number of rotatable bonds is 5. The van der Waals surface area contributed by atoms with Crippen LogP contribution in [0.4, 0.5) is 0 Å². The van der Waals surface area contributed by atoms with Crippen molar-refractivity contribution in [2.75, 3.05) is 13.1 Å². The number of likely N-dealkylation sites (tertiary alicyclic amines) is 1. The lowest BCUT2D eigenvalue weighted by atomic mass is 9.90. The van der Waals surface area contributed by atoms with E-state index in [1.54, 1.807) is 11.3 Å². The van der Waals surface area contributed by atoms with Crippen LogP contribution in [0.5, 0.6) is 0 Å². The fourth-order valence-electron chi connectivity index (χ4n) is 4.08. The van der Waals surface area contributed by atoms with Crippen molar-refractivity contribution in [1.82, 2.24) is 14.7 Å². The summed E-state index contributed by atoms with van der Waals surface area (Å²) in [6.07, 6.45) is 1.77. The van der Waals surface area contributed by atoms with E-state index in [4.69, 9.17) is 0 Å². The Labute approximate surface area is 165 Å². The first-order valence-corrected chi connectivity index (χ1v) is 10.5. The molecule has 0 bridgehead atoms. The number of nitrogens with zero attached hydrogens (tertiary/aromatic N) is 3. The SMILES string of the molecule is Cc1cc(C)n(-c2ccccc2CN2CCC(C(O)c3cccs3)CC2)n1. The summed E-state index contributed by atoms with van der Waals surface area (Å²) in [6.45, 7) is 7.12. The van der Waals surface area contributed by atoms with Crippen LogP contribution >= 0.6 is 11.3 Å². The standard InChI is InChI=1S/C22H27N3OS/c1-16-14-17(2)25(23-16)20-7-4-3-6-19(20)15-24-11-9-18(10-12-24)22(26)21-8-5-13-27-21/h3-8,13-14,18,22,26H,9-12,15H2,1-2H3. The summed E-state index contributed by atoms with van der Waals surface area (Å²) in [4.78, 5) is 3.60. The molecule has 1 aromatic carbocycles. The Balaban J connectivity index is 1.43. The third kappa shape index (κ3) is 4.00. The van der Waals surface area contributed by atoms with Crippen LogP contribution in [0.25, 0.3) is 5.69 Å². The van der Waals surface area contributed by atoms with Crippen molar-refractivity contribution in [3.05, 3.63) is 69.7 Å². The van der Waals surface area contributed by atoms with Crippen molar-refractivity contribution in [2.45, 2.75) is 39.3 Å². The minimum Gasteiger partial charge on any atom is -0.387 e. The fourth-order valence-corrected chi connectivity index (χ4v) is 4.89. The van der Waals surface area contributed by atoms with E-state index in [1.165, 1.54) is 11.3 Å². The Bertz CT molecular complexity index is 879. The summed E-state index contributed by atoms with van der Waals surface area (Å²) < 4.78 is 2.05. The van der Waals surface area contributed by atoms with Crippen molar-refractivity contribution >= 4 is 11.3 Å². The zero-order valence-corrected chi connectivity index (χ0v) is 16.8. The number of aliphatic hydroxyl groups is 1. The molecule has 0 amide bonds. The zero-order chi connectivity index (χ0) is 18.8. The fraction of sp³-hybridized carbons (Fsp3) is 0.409. The smallest absolute Gasteiger partial charge is 0.0910 e. The summed E-state index contributed by atoms with van der Waals surface area (Å²) in [5.74, 6) is 0.367. The maximum Gasteiger partial charge on any atom is 0.0910 e. The third-order valence-corrected chi connectivity index (χ3v) is 6.48. The van der Waals surface area contributed by atoms with Gasteiger partial charge >= 0.3 is 0 Å². The van der Waals surface area contributed by atoms with Crippen LogP contribution in [0.1, 0.15) is 40.8 Å². The van der Waals surface area contributed by atoms with Crippen LogP contribution in [-0.2, 0) is 6.54 Å². The van der Waals surface area contributed by atoms with Crippen LogP contribution in [0.15, 0.2) is 47.8 Å². The maximum absolute atomic E-state index is 10.6. The molecule has 1 atom stereocenters. The molecular weight excluding hydrogens is 354 g/mol. The molecule has 4 rings (SSSR count). The Kier molecular flexibility index (Phi) is 5.43. The van der Waals surface area contributed by atoms with Gasteiger partial charge in [-0.05, 0) is 74.8 Å². The third-order valence-electron chi connectivity index (χ3n) is 5.54. The molecule has 0 aliphatic carbocycles. The molecule has 142 valence electrons. The lowest BCUT2D eigenvalue weighted by molar-refractivity contribution is 0.0591. The quantitative estimate of drug-likeness (QED) is 0.708. The first-order valence-electron chi connectivity index (χ1n) is 9.67. The summed E-state index contributed by atoms with van der Waals surface area (Å²) in [5.41, 5.74) is 4.69. The second kappa shape index (κ2) is 7.97. The van der Waals surface area contributed by atoms with Gasteiger partial charge in [0, 0.05) is 17.1 Å². The van der Waals surface area contributed by atoms with E-state index in [0.29, 0.717) is 5.92 Å². The molecule has 1 unspecified atom stereocenters. The molecule has 27 heavy (non-hydrogen) atoms. The molecule has 3 heterocycles. The van der Waals surface area contributed by atoms with E-state index in [0.717, 1.165) is 48.7 Å². The summed E-state index contributed by atoms with van der Waals surface area (Å²) in [5, 5.41) is 17.3. The van der Waals surface area contributed by atoms with Crippen LogP contribution in [0, 0.1) is 19.8 Å².